The van der Waals surface area contributed by atoms with Crippen LogP contribution in [-0.2, 0) is 6.54 Å². The first-order valence-corrected chi connectivity index (χ1v) is 8.17. The highest BCUT2D eigenvalue weighted by Crippen LogP contribution is 2.33. The monoisotopic (exact) mass is 312 g/mol. The number of rotatable bonds is 3. The average Bonchev–Trinajstić information content (AvgIpc) is 2.70. The van der Waals surface area contributed by atoms with Crippen molar-refractivity contribution in [3.63, 3.8) is 0 Å². The summed E-state index contributed by atoms with van der Waals surface area (Å²) in [4.78, 5) is 7.31. The van der Waals surface area contributed by atoms with Gasteiger partial charge in [0.2, 0.25) is 0 Å². The molecule has 0 unspecified atom stereocenters. The molecule has 0 saturated carbocycles. The zero-order valence-electron chi connectivity index (χ0n) is 13.1. The molecule has 0 saturated heterocycles. The van der Waals surface area contributed by atoms with E-state index in [0.717, 1.165) is 30.2 Å². The standard InChI is InChI=1S/C19H21ClN2/c1-14(2)17-11-12-22(13-15-7-9-16(20)10-8-15)19-6-4-3-5-18(19)21-17/h3-10,14H,11-13H2,1-2H3. The van der Waals surface area contributed by atoms with E-state index in [1.54, 1.807) is 0 Å². The van der Waals surface area contributed by atoms with Crippen LogP contribution in [0, 0.1) is 5.92 Å². The summed E-state index contributed by atoms with van der Waals surface area (Å²) in [7, 11) is 0. The maximum atomic E-state index is 5.98. The molecule has 0 fully saturated rings. The van der Waals surface area contributed by atoms with E-state index in [1.165, 1.54) is 17.0 Å². The Morgan fingerprint density at radius 1 is 1.09 bits per heavy atom. The predicted octanol–water partition coefficient (Wildman–Crippen LogP) is 5.48. The van der Waals surface area contributed by atoms with Crippen molar-refractivity contribution in [3.05, 3.63) is 59.1 Å². The maximum Gasteiger partial charge on any atom is 0.0862 e. The lowest BCUT2D eigenvalue weighted by Crippen LogP contribution is -2.25. The molecule has 0 amide bonds. The minimum absolute atomic E-state index is 0.489. The summed E-state index contributed by atoms with van der Waals surface area (Å²) in [6.45, 7) is 6.32. The highest BCUT2D eigenvalue weighted by atomic mass is 35.5. The van der Waals surface area contributed by atoms with Gasteiger partial charge in [0, 0.05) is 30.2 Å². The van der Waals surface area contributed by atoms with Crippen molar-refractivity contribution in [1.82, 2.24) is 0 Å². The number of nitrogens with zero attached hydrogens (tertiary/aromatic N) is 2. The number of halogens is 1. The third-order valence-electron chi connectivity index (χ3n) is 4.08. The van der Waals surface area contributed by atoms with E-state index in [9.17, 15) is 0 Å². The molecule has 0 atom stereocenters. The molecule has 0 bridgehead atoms. The number of para-hydroxylation sites is 2. The lowest BCUT2D eigenvalue weighted by atomic mass is 10.1. The molecule has 2 nitrogen and oxygen atoms in total. The van der Waals surface area contributed by atoms with Crippen LogP contribution in [0.4, 0.5) is 11.4 Å². The lowest BCUT2D eigenvalue weighted by molar-refractivity contribution is 0.784. The topological polar surface area (TPSA) is 15.6 Å². The Hall–Kier alpha value is -1.80. The fraction of sp³-hybridized carbons (Fsp3) is 0.316. The lowest BCUT2D eigenvalue weighted by Gasteiger charge is -2.24. The van der Waals surface area contributed by atoms with Gasteiger partial charge in [0.05, 0.1) is 11.4 Å². The fourth-order valence-corrected chi connectivity index (χ4v) is 2.92. The SMILES string of the molecule is CC(C)C1=Nc2ccccc2N(Cc2ccc(Cl)cc2)CC1. The second kappa shape index (κ2) is 6.53. The first-order chi connectivity index (χ1) is 10.6. The molecule has 1 heterocycles. The number of fused-ring (bicyclic) bond motifs is 1. The first kappa shape index (κ1) is 15.1. The maximum absolute atomic E-state index is 5.98. The van der Waals surface area contributed by atoms with Crippen LogP contribution in [0.2, 0.25) is 5.02 Å². The van der Waals surface area contributed by atoms with Gasteiger partial charge in [0.25, 0.3) is 0 Å². The number of hydrogen-bond acceptors (Lipinski definition) is 2. The smallest absolute Gasteiger partial charge is 0.0862 e. The minimum atomic E-state index is 0.489. The molecule has 3 heteroatoms. The molecule has 0 aromatic heterocycles. The van der Waals surface area contributed by atoms with Crippen molar-refractivity contribution < 1.29 is 0 Å². The zero-order chi connectivity index (χ0) is 15.5. The van der Waals surface area contributed by atoms with Gasteiger partial charge in [-0.1, -0.05) is 49.7 Å². The first-order valence-electron chi connectivity index (χ1n) is 7.79. The van der Waals surface area contributed by atoms with E-state index >= 15 is 0 Å². The Labute approximate surface area is 137 Å². The largest absolute Gasteiger partial charge is 0.365 e. The van der Waals surface area contributed by atoms with E-state index in [-0.39, 0.29) is 0 Å². The van der Waals surface area contributed by atoms with Gasteiger partial charge in [-0.15, -0.1) is 0 Å². The molecule has 114 valence electrons. The highest BCUT2D eigenvalue weighted by molar-refractivity contribution is 6.30. The van der Waals surface area contributed by atoms with Gasteiger partial charge in [-0.2, -0.15) is 0 Å². The summed E-state index contributed by atoms with van der Waals surface area (Å²) in [5.74, 6) is 0.489. The van der Waals surface area contributed by atoms with Crippen LogP contribution >= 0.6 is 11.6 Å². The normalized spacial score (nSPS) is 14.5. The fourth-order valence-electron chi connectivity index (χ4n) is 2.80. The molecule has 0 aliphatic carbocycles. The molecular formula is C19H21ClN2. The van der Waals surface area contributed by atoms with Gasteiger partial charge < -0.3 is 4.90 Å². The van der Waals surface area contributed by atoms with E-state index in [2.05, 4.69) is 55.1 Å². The van der Waals surface area contributed by atoms with Crippen LogP contribution in [0.15, 0.2) is 53.5 Å². The summed E-state index contributed by atoms with van der Waals surface area (Å²) in [6.07, 6.45) is 1.01. The van der Waals surface area contributed by atoms with Crippen LogP contribution in [0.25, 0.3) is 0 Å². The molecule has 1 aliphatic rings. The second-order valence-corrected chi connectivity index (χ2v) is 6.48. The Bertz CT molecular complexity index is 674. The summed E-state index contributed by atoms with van der Waals surface area (Å²) in [6, 6.07) is 16.5. The van der Waals surface area contributed by atoms with Gasteiger partial charge in [-0.05, 0) is 35.7 Å². The van der Waals surface area contributed by atoms with Gasteiger partial charge in [0.1, 0.15) is 0 Å². The van der Waals surface area contributed by atoms with Gasteiger partial charge in [0.15, 0.2) is 0 Å². The van der Waals surface area contributed by atoms with Gasteiger partial charge in [-0.3, -0.25) is 4.99 Å². The molecule has 2 aromatic carbocycles. The Morgan fingerprint density at radius 2 is 1.82 bits per heavy atom. The quantitative estimate of drug-likeness (QED) is 0.733. The number of aliphatic imine (C=N–C) groups is 1. The van der Waals surface area contributed by atoms with Crippen molar-refractivity contribution >= 4 is 28.7 Å². The van der Waals surface area contributed by atoms with Crippen LogP contribution in [-0.4, -0.2) is 12.3 Å². The average molecular weight is 313 g/mol. The molecule has 0 radical (unpaired) electrons. The molecule has 2 aromatic rings. The molecule has 0 N–H and O–H groups in total. The molecule has 1 aliphatic heterocycles. The third-order valence-corrected chi connectivity index (χ3v) is 4.33. The van der Waals surface area contributed by atoms with E-state index in [0.29, 0.717) is 5.92 Å². The summed E-state index contributed by atoms with van der Waals surface area (Å²) < 4.78 is 0. The minimum Gasteiger partial charge on any atom is -0.365 e. The van der Waals surface area contributed by atoms with Crippen LogP contribution in [0.5, 0.6) is 0 Å². The highest BCUT2D eigenvalue weighted by Gasteiger charge is 2.18. The van der Waals surface area contributed by atoms with Crippen molar-refractivity contribution in [1.29, 1.82) is 0 Å². The summed E-state index contributed by atoms with van der Waals surface area (Å²) >= 11 is 5.98. The zero-order valence-corrected chi connectivity index (χ0v) is 13.8. The molecule has 22 heavy (non-hydrogen) atoms. The van der Waals surface area contributed by atoms with Crippen molar-refractivity contribution in [2.75, 3.05) is 11.4 Å². The third kappa shape index (κ3) is 3.33. The second-order valence-electron chi connectivity index (χ2n) is 6.04. The summed E-state index contributed by atoms with van der Waals surface area (Å²) in [5, 5.41) is 0.783. The Morgan fingerprint density at radius 3 is 2.55 bits per heavy atom. The van der Waals surface area contributed by atoms with Crippen LogP contribution in [0.3, 0.4) is 0 Å². The van der Waals surface area contributed by atoms with E-state index in [4.69, 9.17) is 16.6 Å². The van der Waals surface area contributed by atoms with Crippen LogP contribution < -0.4 is 4.90 Å². The number of anilines is 1. The molecular weight excluding hydrogens is 292 g/mol. The van der Waals surface area contributed by atoms with Crippen molar-refractivity contribution in [3.8, 4) is 0 Å². The molecule has 0 spiro atoms. The Balaban J connectivity index is 1.90. The van der Waals surface area contributed by atoms with Crippen LogP contribution in [0.1, 0.15) is 25.8 Å². The van der Waals surface area contributed by atoms with Crippen molar-refractivity contribution in [2.24, 2.45) is 10.9 Å². The number of hydrogen-bond donors (Lipinski definition) is 0. The van der Waals surface area contributed by atoms with E-state index < -0.39 is 0 Å². The molecule has 3 rings (SSSR count). The van der Waals surface area contributed by atoms with Gasteiger partial charge in [-0.25, -0.2) is 0 Å². The Kier molecular flexibility index (Phi) is 4.49. The van der Waals surface area contributed by atoms with Gasteiger partial charge >= 0.3 is 0 Å². The predicted molar refractivity (Wildman–Crippen MR) is 95.5 cm³/mol. The summed E-state index contributed by atoms with van der Waals surface area (Å²) in [5.41, 5.74) is 4.85. The van der Waals surface area contributed by atoms with E-state index in [1.807, 2.05) is 12.1 Å². The van der Waals surface area contributed by atoms with Crippen molar-refractivity contribution in [2.45, 2.75) is 26.8 Å². The number of benzene rings is 2.